The lowest BCUT2D eigenvalue weighted by Crippen LogP contribution is -2.50. The molecule has 2 rings (SSSR count). The topological polar surface area (TPSA) is 64.1 Å². The Labute approximate surface area is 176 Å². The average Bonchev–Trinajstić information content (AvgIpc) is 2.67. The zero-order valence-corrected chi connectivity index (χ0v) is 18.3. The summed E-state index contributed by atoms with van der Waals surface area (Å²) in [6.07, 6.45) is -3.02. The standard InChI is InChI=1S/C21H32F3N3O3/c1-19(2,3)30-16-7-6-15(17(12-16)21(22,23)24)13-26-18(25-4)27-14-20(28-5)8-10-29-11-9-20/h6-7,12H,8-11,13-14H2,1-5H3,(H2,25,26,27). The van der Waals surface area contributed by atoms with Crippen molar-refractivity contribution in [2.24, 2.45) is 4.99 Å². The average molecular weight is 431 g/mol. The van der Waals surface area contributed by atoms with E-state index in [9.17, 15) is 13.2 Å². The first-order valence-corrected chi connectivity index (χ1v) is 9.95. The second-order valence-electron chi connectivity index (χ2n) is 8.31. The molecule has 9 heteroatoms. The molecular formula is C21H32F3N3O3. The lowest BCUT2D eigenvalue weighted by molar-refractivity contribution is -0.138. The fourth-order valence-corrected chi connectivity index (χ4v) is 3.23. The normalized spacial score (nSPS) is 17.5. The van der Waals surface area contributed by atoms with Crippen molar-refractivity contribution in [2.45, 2.75) is 57.5 Å². The summed E-state index contributed by atoms with van der Waals surface area (Å²) < 4.78 is 57.4. The molecule has 0 aliphatic carbocycles. The summed E-state index contributed by atoms with van der Waals surface area (Å²) in [5.74, 6) is 0.587. The second kappa shape index (κ2) is 9.87. The van der Waals surface area contributed by atoms with Crippen molar-refractivity contribution in [1.29, 1.82) is 0 Å². The van der Waals surface area contributed by atoms with Gasteiger partial charge in [0.2, 0.25) is 0 Å². The largest absolute Gasteiger partial charge is 0.488 e. The van der Waals surface area contributed by atoms with Gasteiger partial charge in [-0.2, -0.15) is 13.2 Å². The summed E-state index contributed by atoms with van der Waals surface area (Å²) in [5, 5.41) is 6.11. The minimum atomic E-state index is -4.49. The molecule has 30 heavy (non-hydrogen) atoms. The zero-order valence-electron chi connectivity index (χ0n) is 18.3. The van der Waals surface area contributed by atoms with Crippen LogP contribution in [-0.4, -0.2) is 51.1 Å². The van der Waals surface area contributed by atoms with Gasteiger partial charge in [-0.1, -0.05) is 6.07 Å². The van der Waals surface area contributed by atoms with Crippen molar-refractivity contribution < 1.29 is 27.4 Å². The number of halogens is 3. The highest BCUT2D eigenvalue weighted by Gasteiger charge is 2.35. The van der Waals surface area contributed by atoms with Crippen LogP contribution in [0.25, 0.3) is 0 Å². The lowest BCUT2D eigenvalue weighted by atomic mass is 9.94. The van der Waals surface area contributed by atoms with E-state index in [1.807, 2.05) is 0 Å². The molecule has 0 amide bonds. The molecule has 1 aromatic rings. The Morgan fingerprint density at radius 3 is 2.37 bits per heavy atom. The number of nitrogens with one attached hydrogen (secondary N) is 2. The van der Waals surface area contributed by atoms with Gasteiger partial charge in [-0.05, 0) is 38.5 Å². The molecule has 1 aliphatic heterocycles. The van der Waals surface area contributed by atoms with Gasteiger partial charge in [0.25, 0.3) is 0 Å². The molecule has 1 fully saturated rings. The van der Waals surface area contributed by atoms with Crippen molar-refractivity contribution in [1.82, 2.24) is 10.6 Å². The van der Waals surface area contributed by atoms with Crippen LogP contribution in [0.5, 0.6) is 5.75 Å². The van der Waals surface area contributed by atoms with Crippen LogP contribution >= 0.6 is 0 Å². The Morgan fingerprint density at radius 1 is 1.17 bits per heavy atom. The predicted molar refractivity (Wildman–Crippen MR) is 110 cm³/mol. The van der Waals surface area contributed by atoms with Gasteiger partial charge in [-0.15, -0.1) is 0 Å². The van der Waals surface area contributed by atoms with E-state index in [4.69, 9.17) is 14.2 Å². The number of benzene rings is 1. The Hall–Kier alpha value is -2.00. The Morgan fingerprint density at radius 2 is 1.83 bits per heavy atom. The number of nitrogens with zero attached hydrogens (tertiary/aromatic N) is 1. The number of alkyl halides is 3. The van der Waals surface area contributed by atoms with Crippen molar-refractivity contribution >= 4 is 5.96 Å². The van der Waals surface area contributed by atoms with Gasteiger partial charge < -0.3 is 24.8 Å². The number of methoxy groups -OCH3 is 1. The molecule has 2 N–H and O–H groups in total. The van der Waals surface area contributed by atoms with Crippen LogP contribution < -0.4 is 15.4 Å². The van der Waals surface area contributed by atoms with Crippen molar-refractivity contribution in [2.75, 3.05) is 33.9 Å². The van der Waals surface area contributed by atoms with Crippen molar-refractivity contribution in [3.8, 4) is 5.75 Å². The van der Waals surface area contributed by atoms with Gasteiger partial charge in [-0.3, -0.25) is 4.99 Å². The van der Waals surface area contributed by atoms with Crippen LogP contribution in [0.15, 0.2) is 23.2 Å². The Balaban J connectivity index is 2.07. The quantitative estimate of drug-likeness (QED) is 0.531. The number of aliphatic imine (C=N–C) groups is 1. The fourth-order valence-electron chi connectivity index (χ4n) is 3.23. The molecule has 1 heterocycles. The Bertz CT molecular complexity index is 724. The number of hydrogen-bond donors (Lipinski definition) is 2. The van der Waals surface area contributed by atoms with Gasteiger partial charge in [0, 0.05) is 53.3 Å². The summed E-state index contributed by atoms with van der Waals surface area (Å²) in [7, 11) is 3.23. The third-order valence-electron chi connectivity index (χ3n) is 4.90. The molecule has 1 aromatic carbocycles. The molecule has 6 nitrogen and oxygen atoms in total. The first-order chi connectivity index (χ1) is 14.0. The van der Waals surface area contributed by atoms with Crippen LogP contribution in [0, 0.1) is 0 Å². The third kappa shape index (κ3) is 7.05. The maximum Gasteiger partial charge on any atom is 0.416 e. The van der Waals surface area contributed by atoms with E-state index < -0.39 is 17.3 Å². The van der Waals surface area contributed by atoms with E-state index in [2.05, 4.69) is 15.6 Å². The van der Waals surface area contributed by atoms with Crippen LogP contribution in [0.2, 0.25) is 0 Å². The highest BCUT2D eigenvalue weighted by Crippen LogP contribution is 2.35. The minimum Gasteiger partial charge on any atom is -0.488 e. The number of rotatable bonds is 6. The monoisotopic (exact) mass is 431 g/mol. The van der Waals surface area contributed by atoms with E-state index >= 15 is 0 Å². The van der Waals surface area contributed by atoms with Crippen molar-refractivity contribution in [3.63, 3.8) is 0 Å². The van der Waals surface area contributed by atoms with Crippen molar-refractivity contribution in [3.05, 3.63) is 29.3 Å². The fraction of sp³-hybridized carbons (Fsp3) is 0.667. The molecule has 170 valence electrons. The third-order valence-corrected chi connectivity index (χ3v) is 4.90. The van der Waals surface area contributed by atoms with Crippen LogP contribution in [0.3, 0.4) is 0 Å². The van der Waals surface area contributed by atoms with Gasteiger partial charge >= 0.3 is 6.18 Å². The van der Waals surface area contributed by atoms with Gasteiger partial charge in [0.1, 0.15) is 11.4 Å². The lowest BCUT2D eigenvalue weighted by Gasteiger charge is -2.36. The summed E-state index contributed by atoms with van der Waals surface area (Å²) >= 11 is 0. The van der Waals surface area contributed by atoms with Gasteiger partial charge in [0.05, 0.1) is 11.2 Å². The van der Waals surface area contributed by atoms with E-state index in [-0.39, 0.29) is 23.5 Å². The molecule has 1 aliphatic rings. The van der Waals surface area contributed by atoms with E-state index in [1.54, 1.807) is 41.0 Å². The van der Waals surface area contributed by atoms with Crippen LogP contribution in [0.1, 0.15) is 44.7 Å². The predicted octanol–water partition coefficient (Wildman–Crippen LogP) is 3.74. The molecule has 0 aromatic heterocycles. The number of ether oxygens (including phenoxy) is 3. The minimum absolute atomic E-state index is 0.0343. The molecule has 0 unspecified atom stereocenters. The summed E-state index contributed by atoms with van der Waals surface area (Å²) in [4.78, 5) is 4.11. The molecular weight excluding hydrogens is 399 g/mol. The molecule has 0 radical (unpaired) electrons. The first kappa shape index (κ1) is 24.3. The SMILES string of the molecule is CN=C(NCc1ccc(OC(C)(C)C)cc1C(F)(F)F)NCC1(OC)CCOCC1. The second-order valence-corrected chi connectivity index (χ2v) is 8.31. The molecule has 0 bridgehead atoms. The summed E-state index contributed by atoms with van der Waals surface area (Å²) in [6.45, 7) is 7.03. The van der Waals surface area contributed by atoms with Gasteiger partial charge in [0.15, 0.2) is 5.96 Å². The van der Waals surface area contributed by atoms with E-state index in [1.165, 1.54) is 6.07 Å². The number of guanidine groups is 1. The maximum absolute atomic E-state index is 13.6. The molecule has 0 spiro atoms. The zero-order chi connectivity index (χ0) is 22.4. The van der Waals surface area contributed by atoms with Crippen LogP contribution in [-0.2, 0) is 22.2 Å². The number of hydrogen-bond acceptors (Lipinski definition) is 4. The van der Waals surface area contributed by atoms with Gasteiger partial charge in [-0.25, -0.2) is 0 Å². The Kier molecular flexibility index (Phi) is 7.99. The smallest absolute Gasteiger partial charge is 0.416 e. The molecule has 0 saturated carbocycles. The summed E-state index contributed by atoms with van der Waals surface area (Å²) in [5.41, 5.74) is -1.58. The summed E-state index contributed by atoms with van der Waals surface area (Å²) in [6, 6.07) is 4.02. The molecule has 0 atom stereocenters. The van der Waals surface area contributed by atoms with E-state index in [0.29, 0.717) is 25.7 Å². The molecule has 1 saturated heterocycles. The highest BCUT2D eigenvalue weighted by atomic mass is 19.4. The highest BCUT2D eigenvalue weighted by molar-refractivity contribution is 5.79. The first-order valence-electron chi connectivity index (χ1n) is 9.95. The maximum atomic E-state index is 13.6. The van der Waals surface area contributed by atoms with Crippen LogP contribution in [0.4, 0.5) is 13.2 Å². The van der Waals surface area contributed by atoms with E-state index in [0.717, 1.165) is 18.9 Å².